The Morgan fingerprint density at radius 1 is 1.20 bits per heavy atom. The van der Waals surface area contributed by atoms with Gasteiger partial charge in [-0.3, -0.25) is 0 Å². The summed E-state index contributed by atoms with van der Waals surface area (Å²) in [4.78, 5) is 0. The molecule has 2 rings (SSSR count). The van der Waals surface area contributed by atoms with E-state index in [1.807, 2.05) is 0 Å². The molecule has 2 fully saturated rings. The van der Waals surface area contributed by atoms with Crippen molar-refractivity contribution in [1.82, 2.24) is 0 Å². The molecule has 0 unspecified atom stereocenters. The van der Waals surface area contributed by atoms with Crippen molar-refractivity contribution in [2.24, 2.45) is 10.8 Å². The first kappa shape index (κ1) is 6.66. The molecule has 0 saturated heterocycles. The van der Waals surface area contributed by atoms with Crippen molar-refractivity contribution in [3.63, 3.8) is 0 Å². The van der Waals surface area contributed by atoms with Gasteiger partial charge in [-0.25, -0.2) is 0 Å². The molecule has 0 aromatic carbocycles. The third kappa shape index (κ3) is 0.493. The van der Waals surface area contributed by atoms with Crippen molar-refractivity contribution in [2.75, 3.05) is 0 Å². The van der Waals surface area contributed by atoms with Crippen LogP contribution < -0.4 is 0 Å². The van der Waals surface area contributed by atoms with Gasteiger partial charge in [-0.15, -0.1) is 0 Å². The second-order valence-electron chi connectivity index (χ2n) is 4.53. The first-order valence-corrected chi connectivity index (χ1v) is 4.27. The number of hydrogen-bond acceptors (Lipinski definition) is 1. The Labute approximate surface area is 62.4 Å². The van der Waals surface area contributed by atoms with Gasteiger partial charge in [-0.1, -0.05) is 13.8 Å². The predicted molar refractivity (Wildman–Crippen MR) is 40.7 cm³/mol. The van der Waals surface area contributed by atoms with E-state index in [0.29, 0.717) is 5.41 Å². The van der Waals surface area contributed by atoms with Crippen LogP contribution in [0, 0.1) is 10.8 Å². The van der Waals surface area contributed by atoms with E-state index in [2.05, 4.69) is 13.8 Å². The number of aliphatic hydroxyl groups is 1. The van der Waals surface area contributed by atoms with Crippen molar-refractivity contribution in [3.8, 4) is 0 Å². The summed E-state index contributed by atoms with van der Waals surface area (Å²) in [6.45, 7) is 4.57. The van der Waals surface area contributed by atoms with E-state index in [1.165, 1.54) is 19.3 Å². The molecule has 2 aliphatic carbocycles. The highest BCUT2D eigenvalue weighted by Gasteiger charge is 2.60. The summed E-state index contributed by atoms with van der Waals surface area (Å²) in [5, 5.41) is 9.64. The van der Waals surface area contributed by atoms with Gasteiger partial charge in [0.1, 0.15) is 0 Å². The van der Waals surface area contributed by atoms with E-state index >= 15 is 0 Å². The Kier molecular flexibility index (Phi) is 1.05. The molecule has 1 heteroatoms. The van der Waals surface area contributed by atoms with Gasteiger partial charge >= 0.3 is 0 Å². The molecular formula is C9H16O. The summed E-state index contributed by atoms with van der Waals surface area (Å²) in [5.41, 5.74) is 0.777. The largest absolute Gasteiger partial charge is 0.393 e. The van der Waals surface area contributed by atoms with Crippen LogP contribution in [0.5, 0.6) is 0 Å². The van der Waals surface area contributed by atoms with Crippen molar-refractivity contribution in [2.45, 2.75) is 45.6 Å². The molecule has 1 nitrogen and oxygen atoms in total. The van der Waals surface area contributed by atoms with E-state index in [0.717, 1.165) is 6.42 Å². The first-order chi connectivity index (χ1) is 4.58. The SMILES string of the molecule is C[C@]12CC[C@@H](O)[C@@]1(C)CC2. The highest BCUT2D eigenvalue weighted by molar-refractivity contribution is 5.10. The van der Waals surface area contributed by atoms with Gasteiger partial charge < -0.3 is 5.11 Å². The Morgan fingerprint density at radius 3 is 2.10 bits per heavy atom. The lowest BCUT2D eigenvalue weighted by Gasteiger charge is -2.53. The van der Waals surface area contributed by atoms with E-state index in [1.54, 1.807) is 0 Å². The van der Waals surface area contributed by atoms with Crippen molar-refractivity contribution in [1.29, 1.82) is 0 Å². The Hall–Kier alpha value is -0.0400. The average molecular weight is 140 g/mol. The third-order valence-electron chi connectivity index (χ3n) is 4.28. The van der Waals surface area contributed by atoms with Crippen molar-refractivity contribution in [3.05, 3.63) is 0 Å². The van der Waals surface area contributed by atoms with Gasteiger partial charge in [0.05, 0.1) is 6.10 Å². The van der Waals surface area contributed by atoms with Crippen molar-refractivity contribution >= 4 is 0 Å². The van der Waals surface area contributed by atoms with Crippen molar-refractivity contribution < 1.29 is 5.11 Å². The molecule has 0 aliphatic heterocycles. The van der Waals surface area contributed by atoms with Gasteiger partial charge in [0, 0.05) is 0 Å². The summed E-state index contributed by atoms with van der Waals surface area (Å²) >= 11 is 0. The fourth-order valence-corrected chi connectivity index (χ4v) is 2.70. The second-order valence-corrected chi connectivity index (χ2v) is 4.53. The molecule has 1 N–H and O–H groups in total. The predicted octanol–water partition coefficient (Wildman–Crippen LogP) is 1.95. The number of aliphatic hydroxyl groups excluding tert-OH is 1. The fourth-order valence-electron chi connectivity index (χ4n) is 2.70. The van der Waals surface area contributed by atoms with E-state index < -0.39 is 0 Å². The lowest BCUT2D eigenvalue weighted by atomic mass is 9.52. The topological polar surface area (TPSA) is 20.2 Å². The molecule has 0 aromatic heterocycles. The van der Waals surface area contributed by atoms with Crippen LogP contribution in [0.4, 0.5) is 0 Å². The van der Waals surface area contributed by atoms with Crippen LogP contribution in [-0.4, -0.2) is 11.2 Å². The normalized spacial score (nSPS) is 59.7. The standard InChI is InChI=1S/C9H16O/c1-8-4-3-7(10)9(8,2)6-5-8/h7,10H,3-6H2,1-2H3/t7-,8-,9-/m1/s1. The summed E-state index contributed by atoms with van der Waals surface area (Å²) in [7, 11) is 0. The zero-order valence-electron chi connectivity index (χ0n) is 6.85. The smallest absolute Gasteiger partial charge is 0.0599 e. The first-order valence-electron chi connectivity index (χ1n) is 4.27. The molecule has 0 aromatic rings. The molecule has 0 radical (unpaired) electrons. The maximum Gasteiger partial charge on any atom is 0.0599 e. The highest BCUT2D eigenvalue weighted by Crippen LogP contribution is 2.65. The Morgan fingerprint density at radius 2 is 1.90 bits per heavy atom. The molecule has 3 atom stereocenters. The second kappa shape index (κ2) is 1.58. The van der Waals surface area contributed by atoms with Crippen LogP contribution >= 0.6 is 0 Å². The van der Waals surface area contributed by atoms with Crippen LogP contribution in [0.15, 0.2) is 0 Å². The minimum absolute atomic E-state index is 0.00810. The van der Waals surface area contributed by atoms with Crippen LogP contribution in [0.2, 0.25) is 0 Å². The number of rotatable bonds is 0. The monoisotopic (exact) mass is 140 g/mol. The summed E-state index contributed by atoms with van der Waals surface area (Å²) in [6, 6.07) is 0. The number of hydrogen-bond donors (Lipinski definition) is 1. The maximum absolute atomic E-state index is 9.64. The van der Waals surface area contributed by atoms with E-state index in [-0.39, 0.29) is 11.5 Å². The van der Waals surface area contributed by atoms with Gasteiger partial charge in [0.2, 0.25) is 0 Å². The average Bonchev–Trinajstić information content (AvgIpc) is 2.04. The molecule has 0 bridgehead atoms. The number of fused-ring (bicyclic) bond motifs is 1. The molecule has 10 heavy (non-hydrogen) atoms. The molecule has 2 saturated carbocycles. The highest BCUT2D eigenvalue weighted by atomic mass is 16.3. The summed E-state index contributed by atoms with van der Waals surface area (Å²) in [5.74, 6) is 0. The Bertz CT molecular complexity index is 166. The van der Waals surface area contributed by atoms with Crippen LogP contribution in [0.1, 0.15) is 39.5 Å². The molecular weight excluding hydrogens is 124 g/mol. The molecule has 58 valence electrons. The van der Waals surface area contributed by atoms with Gasteiger partial charge in [0.15, 0.2) is 0 Å². The fraction of sp³-hybridized carbons (Fsp3) is 1.00. The zero-order valence-corrected chi connectivity index (χ0v) is 6.85. The van der Waals surface area contributed by atoms with E-state index in [9.17, 15) is 5.11 Å². The minimum atomic E-state index is -0.00810. The maximum atomic E-state index is 9.64. The molecule has 0 amide bonds. The van der Waals surface area contributed by atoms with Gasteiger partial charge in [-0.05, 0) is 36.5 Å². The van der Waals surface area contributed by atoms with Gasteiger partial charge in [0.25, 0.3) is 0 Å². The lowest BCUT2D eigenvalue weighted by Crippen LogP contribution is -2.48. The van der Waals surface area contributed by atoms with Crippen LogP contribution in [0.3, 0.4) is 0 Å². The Balaban J connectivity index is 2.28. The minimum Gasteiger partial charge on any atom is -0.393 e. The molecule has 2 aliphatic rings. The summed E-state index contributed by atoms with van der Waals surface area (Å²) in [6.07, 6.45) is 4.84. The van der Waals surface area contributed by atoms with Crippen LogP contribution in [0.25, 0.3) is 0 Å². The third-order valence-corrected chi connectivity index (χ3v) is 4.28. The van der Waals surface area contributed by atoms with Gasteiger partial charge in [-0.2, -0.15) is 0 Å². The quantitative estimate of drug-likeness (QED) is 0.545. The van der Waals surface area contributed by atoms with Crippen LogP contribution in [-0.2, 0) is 0 Å². The zero-order chi connectivity index (χ0) is 7.41. The van der Waals surface area contributed by atoms with E-state index in [4.69, 9.17) is 0 Å². The summed E-state index contributed by atoms with van der Waals surface area (Å²) < 4.78 is 0. The lowest BCUT2D eigenvalue weighted by molar-refractivity contribution is -0.0866. The molecule has 0 spiro atoms. The molecule has 0 heterocycles.